The van der Waals surface area contributed by atoms with Crippen LogP contribution in [0.25, 0.3) is 0 Å². The summed E-state index contributed by atoms with van der Waals surface area (Å²) in [5, 5.41) is 7.31. The molecule has 1 aromatic heterocycles. The Morgan fingerprint density at radius 1 is 1.12 bits per heavy atom. The lowest BCUT2D eigenvalue weighted by atomic mass is 10.1. The Morgan fingerprint density at radius 3 is 2.50 bits per heavy atom. The number of amides is 1. The molecule has 0 saturated heterocycles. The van der Waals surface area contributed by atoms with E-state index < -0.39 is 0 Å². The minimum absolute atomic E-state index is 0.111. The smallest absolute Gasteiger partial charge is 0.224 e. The summed E-state index contributed by atoms with van der Waals surface area (Å²) >= 11 is 6.14. The molecule has 2 aromatic carbocycles. The molecular weight excluding hydrogens is 352 g/mol. The molecule has 6 heteroatoms. The minimum atomic E-state index is -0.111. The molecule has 0 radical (unpaired) electrons. The number of nitrogens with one attached hydrogen (secondary N) is 1. The number of aromatic nitrogens is 1. The van der Waals surface area contributed by atoms with Crippen molar-refractivity contribution in [2.24, 2.45) is 0 Å². The average Bonchev–Trinajstić information content (AvgIpc) is 2.95. The van der Waals surface area contributed by atoms with E-state index >= 15 is 0 Å². The first-order valence-corrected chi connectivity index (χ1v) is 8.65. The van der Waals surface area contributed by atoms with Crippen molar-refractivity contribution >= 4 is 23.2 Å². The van der Waals surface area contributed by atoms with Crippen LogP contribution in [0.15, 0.2) is 53.1 Å². The number of anilines is 1. The number of para-hydroxylation sites is 3. The highest BCUT2D eigenvalue weighted by Crippen LogP contribution is 2.33. The van der Waals surface area contributed by atoms with E-state index in [4.69, 9.17) is 20.9 Å². The van der Waals surface area contributed by atoms with Gasteiger partial charge in [0.25, 0.3) is 0 Å². The number of halogens is 1. The van der Waals surface area contributed by atoms with Crippen molar-refractivity contribution in [1.29, 1.82) is 0 Å². The van der Waals surface area contributed by atoms with Gasteiger partial charge in [0.15, 0.2) is 5.75 Å². The van der Waals surface area contributed by atoms with Gasteiger partial charge in [0.2, 0.25) is 5.91 Å². The van der Waals surface area contributed by atoms with E-state index in [1.807, 2.05) is 38.1 Å². The maximum atomic E-state index is 12.4. The van der Waals surface area contributed by atoms with Crippen molar-refractivity contribution in [2.75, 3.05) is 5.32 Å². The van der Waals surface area contributed by atoms with E-state index in [0.29, 0.717) is 35.1 Å². The van der Waals surface area contributed by atoms with Gasteiger partial charge < -0.3 is 14.6 Å². The van der Waals surface area contributed by atoms with Crippen LogP contribution in [-0.2, 0) is 11.2 Å². The van der Waals surface area contributed by atoms with Crippen LogP contribution >= 0.6 is 11.6 Å². The molecule has 0 fully saturated rings. The maximum Gasteiger partial charge on any atom is 0.224 e. The van der Waals surface area contributed by atoms with E-state index in [1.165, 1.54) is 0 Å². The van der Waals surface area contributed by atoms with Crippen LogP contribution in [-0.4, -0.2) is 11.1 Å². The van der Waals surface area contributed by atoms with Gasteiger partial charge in [-0.15, -0.1) is 0 Å². The second kappa shape index (κ2) is 8.06. The van der Waals surface area contributed by atoms with Crippen molar-refractivity contribution in [3.63, 3.8) is 0 Å². The molecule has 0 atom stereocenters. The molecule has 0 saturated carbocycles. The van der Waals surface area contributed by atoms with Gasteiger partial charge in [-0.25, -0.2) is 0 Å². The van der Waals surface area contributed by atoms with Gasteiger partial charge in [-0.1, -0.05) is 41.0 Å². The molecule has 3 rings (SSSR count). The van der Waals surface area contributed by atoms with Crippen LogP contribution in [0.5, 0.6) is 11.5 Å². The van der Waals surface area contributed by atoms with Crippen LogP contribution in [0.1, 0.15) is 23.4 Å². The fourth-order valence-corrected chi connectivity index (χ4v) is 2.79. The van der Waals surface area contributed by atoms with E-state index in [9.17, 15) is 4.79 Å². The number of hydrogen-bond donors (Lipinski definition) is 1. The molecule has 134 valence electrons. The summed E-state index contributed by atoms with van der Waals surface area (Å²) in [6, 6.07) is 14.5. The molecular formula is C20H19ClN2O3. The number of rotatable bonds is 6. The van der Waals surface area contributed by atoms with E-state index in [-0.39, 0.29) is 5.91 Å². The monoisotopic (exact) mass is 370 g/mol. The molecule has 0 spiro atoms. The summed E-state index contributed by atoms with van der Waals surface area (Å²) < 4.78 is 11.0. The van der Waals surface area contributed by atoms with Gasteiger partial charge in [-0.2, -0.15) is 0 Å². The van der Waals surface area contributed by atoms with Crippen molar-refractivity contribution in [3.05, 3.63) is 70.6 Å². The van der Waals surface area contributed by atoms with Crippen LogP contribution < -0.4 is 10.1 Å². The molecule has 0 aliphatic rings. The Bertz CT molecular complexity index is 901. The summed E-state index contributed by atoms with van der Waals surface area (Å²) in [4.78, 5) is 12.4. The van der Waals surface area contributed by atoms with Gasteiger partial charge in [0.05, 0.1) is 16.4 Å². The standard InChI is InChI=1S/C20H19ClN2O3/c1-13-15(14(2)26-23-13)11-12-20(24)22-17-8-4-6-10-19(17)25-18-9-5-3-7-16(18)21/h3-10H,11-12H2,1-2H3,(H,22,24). The predicted octanol–water partition coefficient (Wildman–Crippen LogP) is 5.31. The van der Waals surface area contributed by atoms with Crippen LogP contribution in [0.2, 0.25) is 5.02 Å². The zero-order chi connectivity index (χ0) is 18.5. The van der Waals surface area contributed by atoms with Gasteiger partial charge in [0.1, 0.15) is 11.5 Å². The summed E-state index contributed by atoms with van der Waals surface area (Å²) in [5.41, 5.74) is 2.38. The Kier molecular flexibility index (Phi) is 5.58. The quantitative estimate of drug-likeness (QED) is 0.638. The third kappa shape index (κ3) is 4.24. The first-order valence-electron chi connectivity index (χ1n) is 8.27. The predicted molar refractivity (Wildman–Crippen MR) is 101 cm³/mol. The Hall–Kier alpha value is -2.79. The fraction of sp³-hybridized carbons (Fsp3) is 0.200. The average molecular weight is 371 g/mol. The van der Waals surface area contributed by atoms with Crippen LogP contribution in [0.3, 0.4) is 0 Å². The molecule has 1 amide bonds. The van der Waals surface area contributed by atoms with Crippen molar-refractivity contribution in [3.8, 4) is 11.5 Å². The number of carbonyl (C=O) groups is 1. The summed E-state index contributed by atoms with van der Waals surface area (Å²) in [6.07, 6.45) is 0.893. The third-order valence-corrected chi connectivity index (χ3v) is 4.31. The van der Waals surface area contributed by atoms with Gasteiger partial charge in [-0.05, 0) is 44.5 Å². The molecule has 0 aliphatic carbocycles. The van der Waals surface area contributed by atoms with Crippen LogP contribution in [0, 0.1) is 13.8 Å². The zero-order valence-electron chi connectivity index (χ0n) is 14.6. The van der Waals surface area contributed by atoms with Crippen molar-refractivity contribution in [2.45, 2.75) is 26.7 Å². The number of hydrogen-bond acceptors (Lipinski definition) is 4. The molecule has 0 bridgehead atoms. The minimum Gasteiger partial charge on any atom is -0.454 e. The third-order valence-electron chi connectivity index (χ3n) is 4.00. The Balaban J connectivity index is 1.68. The van der Waals surface area contributed by atoms with E-state index in [1.54, 1.807) is 24.3 Å². The van der Waals surface area contributed by atoms with Crippen LogP contribution in [0.4, 0.5) is 5.69 Å². The van der Waals surface area contributed by atoms with Crippen molar-refractivity contribution in [1.82, 2.24) is 5.16 Å². The molecule has 3 aromatic rings. The van der Waals surface area contributed by atoms with Gasteiger partial charge in [0, 0.05) is 12.0 Å². The lowest BCUT2D eigenvalue weighted by Crippen LogP contribution is -2.13. The number of benzene rings is 2. The fourth-order valence-electron chi connectivity index (χ4n) is 2.61. The highest BCUT2D eigenvalue weighted by Gasteiger charge is 2.13. The van der Waals surface area contributed by atoms with Gasteiger partial charge in [-0.3, -0.25) is 4.79 Å². The van der Waals surface area contributed by atoms with E-state index in [2.05, 4.69) is 10.5 Å². The lowest BCUT2D eigenvalue weighted by Gasteiger charge is -2.13. The normalized spacial score (nSPS) is 10.6. The number of nitrogens with zero attached hydrogens (tertiary/aromatic N) is 1. The Labute approximate surface area is 156 Å². The molecule has 26 heavy (non-hydrogen) atoms. The summed E-state index contributed by atoms with van der Waals surface area (Å²) in [7, 11) is 0. The first-order chi connectivity index (χ1) is 12.5. The molecule has 0 aliphatic heterocycles. The number of ether oxygens (including phenoxy) is 1. The maximum absolute atomic E-state index is 12.4. The molecule has 5 nitrogen and oxygen atoms in total. The van der Waals surface area contributed by atoms with Gasteiger partial charge >= 0.3 is 0 Å². The van der Waals surface area contributed by atoms with E-state index in [0.717, 1.165) is 17.0 Å². The summed E-state index contributed by atoms with van der Waals surface area (Å²) in [5.74, 6) is 1.70. The Morgan fingerprint density at radius 2 is 1.81 bits per heavy atom. The highest BCUT2D eigenvalue weighted by atomic mass is 35.5. The second-order valence-corrected chi connectivity index (χ2v) is 6.29. The van der Waals surface area contributed by atoms with Crippen molar-refractivity contribution < 1.29 is 14.1 Å². The number of aryl methyl sites for hydroxylation is 2. The molecule has 1 heterocycles. The first kappa shape index (κ1) is 18.0. The number of carbonyl (C=O) groups excluding carboxylic acids is 1. The second-order valence-electron chi connectivity index (χ2n) is 5.88. The molecule has 1 N–H and O–H groups in total. The largest absolute Gasteiger partial charge is 0.454 e. The molecule has 0 unspecified atom stereocenters. The summed E-state index contributed by atoms with van der Waals surface area (Å²) in [6.45, 7) is 3.72. The zero-order valence-corrected chi connectivity index (χ0v) is 15.3. The SMILES string of the molecule is Cc1noc(C)c1CCC(=O)Nc1ccccc1Oc1ccccc1Cl. The lowest BCUT2D eigenvalue weighted by molar-refractivity contribution is -0.116. The highest BCUT2D eigenvalue weighted by molar-refractivity contribution is 6.32. The topological polar surface area (TPSA) is 64.4 Å².